The van der Waals surface area contributed by atoms with E-state index >= 15 is 0 Å². The highest BCUT2D eigenvalue weighted by Crippen LogP contribution is 2.25. The Labute approximate surface area is 109 Å². The number of hydrogen-bond donors (Lipinski definition) is 1. The highest BCUT2D eigenvalue weighted by atomic mass is 32.2. The van der Waals surface area contributed by atoms with E-state index in [0.29, 0.717) is 37.2 Å². The van der Waals surface area contributed by atoms with E-state index in [9.17, 15) is 8.42 Å². The van der Waals surface area contributed by atoms with Crippen molar-refractivity contribution in [3.05, 3.63) is 12.0 Å². The monoisotopic (exact) mass is 271 g/mol. The molecule has 2 heterocycles. The average Bonchev–Trinajstić information content (AvgIpc) is 2.76. The Hall–Kier alpha value is -0.880. The summed E-state index contributed by atoms with van der Waals surface area (Å²) in [5.41, 5.74) is 0. The quantitative estimate of drug-likeness (QED) is 0.909. The standard InChI is InChI=1S/C12H21N3O2S/c1-4-11-13-6-12(14-11)18(16,17)15-7-9(2)5-10(3)8-15/h6,9-10H,4-5,7-8H2,1-3H3,(H,13,14). The molecular formula is C12H21N3O2S. The zero-order chi connectivity index (χ0) is 13.3. The summed E-state index contributed by atoms with van der Waals surface area (Å²) in [7, 11) is -3.40. The van der Waals surface area contributed by atoms with Crippen molar-refractivity contribution in [1.82, 2.24) is 14.3 Å². The number of aromatic nitrogens is 2. The van der Waals surface area contributed by atoms with Crippen LogP contribution in [0.25, 0.3) is 0 Å². The van der Waals surface area contributed by atoms with Crippen molar-refractivity contribution in [2.24, 2.45) is 11.8 Å². The summed E-state index contributed by atoms with van der Waals surface area (Å²) in [5.74, 6) is 1.54. The minimum absolute atomic E-state index is 0.223. The van der Waals surface area contributed by atoms with Gasteiger partial charge in [-0.2, -0.15) is 4.31 Å². The van der Waals surface area contributed by atoms with Gasteiger partial charge in [-0.15, -0.1) is 0 Å². The zero-order valence-electron chi connectivity index (χ0n) is 11.2. The molecule has 1 aromatic heterocycles. The zero-order valence-corrected chi connectivity index (χ0v) is 12.0. The molecule has 1 aromatic rings. The molecule has 0 aliphatic carbocycles. The van der Waals surface area contributed by atoms with Gasteiger partial charge >= 0.3 is 0 Å². The van der Waals surface area contributed by atoms with Crippen molar-refractivity contribution in [3.63, 3.8) is 0 Å². The second-order valence-electron chi connectivity index (χ2n) is 5.32. The van der Waals surface area contributed by atoms with Gasteiger partial charge in [-0.3, -0.25) is 0 Å². The molecule has 1 aliphatic heterocycles. The predicted molar refractivity (Wildman–Crippen MR) is 69.7 cm³/mol. The van der Waals surface area contributed by atoms with Crippen LogP contribution < -0.4 is 0 Å². The molecule has 102 valence electrons. The summed E-state index contributed by atoms with van der Waals surface area (Å²) in [6, 6.07) is 0. The van der Waals surface area contributed by atoms with Crippen molar-refractivity contribution < 1.29 is 8.42 Å². The SMILES string of the molecule is CCc1ncc(S(=O)(=O)N2CC(C)CC(C)C2)[nH]1. The van der Waals surface area contributed by atoms with Crippen LogP contribution in [0.2, 0.25) is 0 Å². The lowest BCUT2D eigenvalue weighted by Gasteiger charge is -2.33. The van der Waals surface area contributed by atoms with Gasteiger partial charge in [0.05, 0.1) is 6.20 Å². The number of imidazole rings is 1. The molecule has 0 bridgehead atoms. The van der Waals surface area contributed by atoms with Crippen molar-refractivity contribution in [2.75, 3.05) is 13.1 Å². The molecule has 1 fully saturated rings. The number of hydrogen-bond acceptors (Lipinski definition) is 3. The molecular weight excluding hydrogens is 250 g/mol. The lowest BCUT2D eigenvalue weighted by atomic mass is 9.94. The fourth-order valence-corrected chi connectivity index (χ4v) is 4.21. The Morgan fingerprint density at radius 2 is 2.00 bits per heavy atom. The lowest BCUT2D eigenvalue weighted by Crippen LogP contribution is -2.42. The highest BCUT2D eigenvalue weighted by molar-refractivity contribution is 7.89. The molecule has 0 amide bonds. The number of nitrogens with one attached hydrogen (secondary N) is 1. The Kier molecular flexibility index (Phi) is 3.77. The van der Waals surface area contributed by atoms with Crippen LogP contribution in [0.3, 0.4) is 0 Å². The van der Waals surface area contributed by atoms with Crippen LogP contribution in [0.1, 0.15) is 33.0 Å². The van der Waals surface area contributed by atoms with E-state index in [4.69, 9.17) is 0 Å². The molecule has 0 aromatic carbocycles. The number of nitrogens with zero attached hydrogens (tertiary/aromatic N) is 2. The van der Waals surface area contributed by atoms with E-state index < -0.39 is 10.0 Å². The van der Waals surface area contributed by atoms with Crippen molar-refractivity contribution >= 4 is 10.0 Å². The number of H-pyrrole nitrogens is 1. The largest absolute Gasteiger partial charge is 0.332 e. The second kappa shape index (κ2) is 5.01. The number of aromatic amines is 1. The second-order valence-corrected chi connectivity index (χ2v) is 7.22. The first-order chi connectivity index (χ1) is 8.43. The summed E-state index contributed by atoms with van der Waals surface area (Å²) in [6.07, 6.45) is 3.23. The van der Waals surface area contributed by atoms with E-state index in [0.717, 1.165) is 6.42 Å². The van der Waals surface area contributed by atoms with Gasteiger partial charge in [-0.1, -0.05) is 20.8 Å². The molecule has 1 N–H and O–H groups in total. The summed E-state index contributed by atoms with van der Waals surface area (Å²) in [6.45, 7) is 7.35. The van der Waals surface area contributed by atoms with E-state index in [1.807, 2.05) is 6.92 Å². The fourth-order valence-electron chi connectivity index (χ4n) is 2.60. The third kappa shape index (κ3) is 2.59. The Morgan fingerprint density at radius 1 is 1.39 bits per heavy atom. The first-order valence-electron chi connectivity index (χ1n) is 6.47. The van der Waals surface area contributed by atoms with E-state index in [1.54, 1.807) is 4.31 Å². The molecule has 5 nitrogen and oxygen atoms in total. The molecule has 6 heteroatoms. The average molecular weight is 271 g/mol. The molecule has 0 radical (unpaired) electrons. The first kappa shape index (κ1) is 13.5. The van der Waals surface area contributed by atoms with Gasteiger partial charge in [0.1, 0.15) is 5.82 Å². The summed E-state index contributed by atoms with van der Waals surface area (Å²) < 4.78 is 26.5. The molecule has 2 rings (SSSR count). The normalized spacial score (nSPS) is 26.4. The van der Waals surface area contributed by atoms with Crippen LogP contribution in [0.4, 0.5) is 0 Å². The van der Waals surface area contributed by atoms with Crippen molar-refractivity contribution in [3.8, 4) is 0 Å². The van der Waals surface area contributed by atoms with Gasteiger partial charge in [-0.25, -0.2) is 13.4 Å². The molecule has 2 unspecified atom stereocenters. The van der Waals surface area contributed by atoms with Gasteiger partial charge in [0, 0.05) is 19.5 Å². The van der Waals surface area contributed by atoms with Crippen LogP contribution in [-0.4, -0.2) is 35.8 Å². The maximum Gasteiger partial charge on any atom is 0.260 e. The number of aryl methyl sites for hydroxylation is 1. The van der Waals surface area contributed by atoms with Gasteiger partial charge in [0.2, 0.25) is 0 Å². The van der Waals surface area contributed by atoms with E-state index in [1.165, 1.54) is 6.20 Å². The van der Waals surface area contributed by atoms with Gasteiger partial charge in [0.25, 0.3) is 10.0 Å². The minimum Gasteiger partial charge on any atom is -0.332 e. The van der Waals surface area contributed by atoms with E-state index in [2.05, 4.69) is 23.8 Å². The molecule has 1 aliphatic rings. The lowest BCUT2D eigenvalue weighted by molar-refractivity contribution is 0.222. The number of sulfonamides is 1. The molecule has 18 heavy (non-hydrogen) atoms. The molecule has 0 saturated carbocycles. The summed E-state index contributed by atoms with van der Waals surface area (Å²) in [4.78, 5) is 6.96. The minimum atomic E-state index is -3.40. The van der Waals surface area contributed by atoms with Gasteiger partial charge < -0.3 is 4.98 Å². The molecule has 0 spiro atoms. The highest BCUT2D eigenvalue weighted by Gasteiger charge is 2.32. The van der Waals surface area contributed by atoms with E-state index in [-0.39, 0.29) is 5.03 Å². The topological polar surface area (TPSA) is 66.1 Å². The number of piperidine rings is 1. The predicted octanol–water partition coefficient (Wildman–Crippen LogP) is 1.64. The Bertz CT molecular complexity index is 499. The molecule has 2 atom stereocenters. The van der Waals surface area contributed by atoms with Crippen LogP contribution in [-0.2, 0) is 16.4 Å². The first-order valence-corrected chi connectivity index (χ1v) is 7.91. The molecule has 1 saturated heterocycles. The Morgan fingerprint density at radius 3 is 2.50 bits per heavy atom. The van der Waals surface area contributed by atoms with Gasteiger partial charge in [0.15, 0.2) is 5.03 Å². The van der Waals surface area contributed by atoms with Crippen LogP contribution in [0.5, 0.6) is 0 Å². The Balaban J connectivity index is 2.25. The van der Waals surface area contributed by atoms with Crippen LogP contribution >= 0.6 is 0 Å². The summed E-state index contributed by atoms with van der Waals surface area (Å²) >= 11 is 0. The van der Waals surface area contributed by atoms with Crippen molar-refractivity contribution in [2.45, 2.75) is 38.6 Å². The third-order valence-corrected chi connectivity index (χ3v) is 5.13. The maximum atomic E-state index is 12.5. The summed E-state index contributed by atoms with van der Waals surface area (Å²) in [5, 5.41) is 0.223. The fraction of sp³-hybridized carbons (Fsp3) is 0.750. The van der Waals surface area contributed by atoms with Gasteiger partial charge in [-0.05, 0) is 18.3 Å². The van der Waals surface area contributed by atoms with Crippen molar-refractivity contribution in [1.29, 1.82) is 0 Å². The smallest absolute Gasteiger partial charge is 0.260 e. The number of rotatable bonds is 3. The van der Waals surface area contributed by atoms with Crippen LogP contribution in [0, 0.1) is 11.8 Å². The third-order valence-electron chi connectivity index (χ3n) is 3.39. The van der Waals surface area contributed by atoms with Crippen LogP contribution in [0.15, 0.2) is 11.2 Å². The maximum absolute atomic E-state index is 12.5.